The van der Waals surface area contributed by atoms with E-state index < -0.39 is 0 Å². The van der Waals surface area contributed by atoms with Crippen molar-refractivity contribution in [2.75, 3.05) is 26.0 Å². The third-order valence-corrected chi connectivity index (χ3v) is 4.99. The highest BCUT2D eigenvalue weighted by Crippen LogP contribution is 2.39. The summed E-state index contributed by atoms with van der Waals surface area (Å²) in [4.78, 5) is 14.3. The topological polar surface area (TPSA) is 57.3 Å². The summed E-state index contributed by atoms with van der Waals surface area (Å²) in [5.74, 6) is 0.703. The number of hydrogen-bond acceptors (Lipinski definition) is 3. The van der Waals surface area contributed by atoms with E-state index in [-0.39, 0.29) is 5.91 Å². The first-order chi connectivity index (χ1) is 9.55. The molecule has 20 heavy (non-hydrogen) atoms. The van der Waals surface area contributed by atoms with Crippen molar-refractivity contribution in [2.45, 2.75) is 32.6 Å². The van der Waals surface area contributed by atoms with Crippen molar-refractivity contribution in [3.8, 4) is 6.07 Å². The van der Waals surface area contributed by atoms with E-state index in [1.165, 1.54) is 16.9 Å². The molecule has 0 bridgehead atoms. The van der Waals surface area contributed by atoms with Crippen LogP contribution >= 0.6 is 11.3 Å². The van der Waals surface area contributed by atoms with Crippen LogP contribution in [0.15, 0.2) is 0 Å². The van der Waals surface area contributed by atoms with Gasteiger partial charge < -0.3 is 10.2 Å². The van der Waals surface area contributed by atoms with Gasteiger partial charge in [-0.25, -0.2) is 0 Å². The van der Waals surface area contributed by atoms with Gasteiger partial charge in [-0.1, -0.05) is 13.3 Å². The standard InChI is InChI=1S/C15H21N3OS/c1-4-10-5-6-11-12(8-16)15(20-13(11)7-10)17-14(19)9-18(2)3/h10H,4-7,9H2,1-3H3,(H,17,19)/p+1/t10-/m0/s1. The van der Waals surface area contributed by atoms with Gasteiger partial charge in [0.15, 0.2) is 6.54 Å². The number of nitrogens with one attached hydrogen (secondary N) is 2. The van der Waals surface area contributed by atoms with Gasteiger partial charge in [0, 0.05) is 4.88 Å². The summed E-state index contributed by atoms with van der Waals surface area (Å²) in [5.41, 5.74) is 1.87. The Morgan fingerprint density at radius 3 is 2.90 bits per heavy atom. The van der Waals surface area contributed by atoms with Crippen LogP contribution < -0.4 is 10.2 Å². The summed E-state index contributed by atoms with van der Waals surface area (Å²) < 4.78 is 0. The van der Waals surface area contributed by atoms with E-state index in [0.29, 0.717) is 12.1 Å². The van der Waals surface area contributed by atoms with Gasteiger partial charge in [-0.2, -0.15) is 5.26 Å². The molecule has 1 aliphatic carbocycles. The average Bonchev–Trinajstić information content (AvgIpc) is 2.73. The van der Waals surface area contributed by atoms with Gasteiger partial charge in [-0.05, 0) is 30.7 Å². The second-order valence-electron chi connectivity index (χ2n) is 5.77. The van der Waals surface area contributed by atoms with E-state index >= 15 is 0 Å². The molecule has 1 aliphatic rings. The summed E-state index contributed by atoms with van der Waals surface area (Å²) >= 11 is 1.60. The lowest BCUT2D eigenvalue weighted by molar-refractivity contribution is -0.849. The molecular formula is C15H22N3OS+. The van der Waals surface area contributed by atoms with Gasteiger partial charge in [0.2, 0.25) is 0 Å². The first-order valence-corrected chi connectivity index (χ1v) is 8.00. The molecule has 2 N–H and O–H groups in total. The number of thiophene rings is 1. The van der Waals surface area contributed by atoms with Crippen LogP contribution in [0.25, 0.3) is 0 Å². The van der Waals surface area contributed by atoms with Crippen molar-refractivity contribution in [3.05, 3.63) is 16.0 Å². The molecule has 0 saturated carbocycles. The van der Waals surface area contributed by atoms with E-state index in [0.717, 1.165) is 35.1 Å². The Bertz CT molecular complexity index is 542. The number of amides is 1. The molecule has 108 valence electrons. The first-order valence-electron chi connectivity index (χ1n) is 7.18. The van der Waals surface area contributed by atoms with Crippen molar-refractivity contribution in [1.29, 1.82) is 5.26 Å². The third-order valence-electron chi connectivity index (χ3n) is 3.82. The molecule has 1 heterocycles. The van der Waals surface area contributed by atoms with Crippen molar-refractivity contribution < 1.29 is 9.69 Å². The molecule has 1 atom stereocenters. The molecule has 0 aromatic carbocycles. The number of hydrogen-bond donors (Lipinski definition) is 2. The summed E-state index contributed by atoms with van der Waals surface area (Å²) in [6, 6.07) is 2.28. The largest absolute Gasteiger partial charge is 0.332 e. The van der Waals surface area contributed by atoms with E-state index in [4.69, 9.17) is 0 Å². The summed E-state index contributed by atoms with van der Waals surface area (Å²) in [5, 5.41) is 13.1. The minimum atomic E-state index is -0.0212. The molecule has 0 saturated heterocycles. The van der Waals surface area contributed by atoms with Gasteiger partial charge in [-0.3, -0.25) is 4.79 Å². The van der Waals surface area contributed by atoms with Crippen molar-refractivity contribution >= 4 is 22.2 Å². The maximum Gasteiger partial charge on any atom is 0.280 e. The fraction of sp³-hybridized carbons (Fsp3) is 0.600. The number of nitrogens with zero attached hydrogens (tertiary/aromatic N) is 1. The van der Waals surface area contributed by atoms with Crippen LogP contribution in [0.1, 0.15) is 35.8 Å². The van der Waals surface area contributed by atoms with Crippen LogP contribution in [0.3, 0.4) is 0 Å². The second-order valence-corrected chi connectivity index (χ2v) is 6.87. The fourth-order valence-electron chi connectivity index (χ4n) is 2.70. The minimum Gasteiger partial charge on any atom is -0.332 e. The average molecular weight is 292 g/mol. The Kier molecular flexibility index (Phi) is 4.79. The zero-order valence-electron chi connectivity index (χ0n) is 12.4. The van der Waals surface area contributed by atoms with Crippen LogP contribution in [0.4, 0.5) is 5.00 Å². The molecule has 1 aromatic heterocycles. The maximum absolute atomic E-state index is 11.9. The SMILES string of the molecule is CC[C@H]1CCc2c(sc(NC(=O)C[NH+](C)C)c2C#N)C1. The molecule has 4 nitrogen and oxygen atoms in total. The highest BCUT2D eigenvalue weighted by Gasteiger charge is 2.25. The normalized spacial score (nSPS) is 17.6. The summed E-state index contributed by atoms with van der Waals surface area (Å²) in [7, 11) is 3.88. The molecule has 5 heteroatoms. The first kappa shape index (κ1) is 15.0. The molecule has 0 unspecified atom stereocenters. The van der Waals surface area contributed by atoms with Gasteiger partial charge in [0.25, 0.3) is 5.91 Å². The predicted molar refractivity (Wildman–Crippen MR) is 81.1 cm³/mol. The number of rotatable bonds is 4. The van der Waals surface area contributed by atoms with Crippen LogP contribution in [0.5, 0.6) is 0 Å². The molecular weight excluding hydrogens is 270 g/mol. The van der Waals surface area contributed by atoms with E-state index in [1.54, 1.807) is 11.3 Å². The lowest BCUT2D eigenvalue weighted by atomic mass is 9.86. The van der Waals surface area contributed by atoms with E-state index in [1.807, 2.05) is 14.1 Å². The smallest absolute Gasteiger partial charge is 0.280 e. The number of likely N-dealkylation sites (N-methyl/N-ethyl adjacent to an activating group) is 1. The number of carbonyl (C=O) groups excluding carboxylic acids is 1. The van der Waals surface area contributed by atoms with Gasteiger partial charge in [0.05, 0.1) is 19.7 Å². The van der Waals surface area contributed by atoms with Crippen LogP contribution in [-0.4, -0.2) is 26.5 Å². The van der Waals surface area contributed by atoms with Crippen molar-refractivity contribution in [1.82, 2.24) is 0 Å². The number of carbonyl (C=O) groups is 1. The van der Waals surface area contributed by atoms with Gasteiger partial charge >= 0.3 is 0 Å². The van der Waals surface area contributed by atoms with Crippen LogP contribution in [-0.2, 0) is 17.6 Å². The highest BCUT2D eigenvalue weighted by molar-refractivity contribution is 7.16. The Hall–Kier alpha value is -1.38. The molecule has 0 radical (unpaired) electrons. The zero-order valence-corrected chi connectivity index (χ0v) is 13.2. The van der Waals surface area contributed by atoms with Crippen LogP contribution in [0, 0.1) is 17.2 Å². The van der Waals surface area contributed by atoms with Crippen molar-refractivity contribution in [3.63, 3.8) is 0 Å². The van der Waals surface area contributed by atoms with Gasteiger partial charge in [-0.15, -0.1) is 11.3 Å². The van der Waals surface area contributed by atoms with E-state index in [2.05, 4.69) is 18.3 Å². The lowest BCUT2D eigenvalue weighted by Gasteiger charge is -2.20. The number of anilines is 1. The molecule has 0 spiro atoms. The fourth-order valence-corrected chi connectivity index (χ4v) is 4.03. The Labute approximate surface area is 124 Å². The third kappa shape index (κ3) is 3.20. The highest BCUT2D eigenvalue weighted by atomic mass is 32.1. The summed E-state index contributed by atoms with van der Waals surface area (Å²) in [6.45, 7) is 2.64. The Morgan fingerprint density at radius 1 is 1.55 bits per heavy atom. The lowest BCUT2D eigenvalue weighted by Crippen LogP contribution is -3.06. The van der Waals surface area contributed by atoms with E-state index in [9.17, 15) is 10.1 Å². The second kappa shape index (κ2) is 6.38. The van der Waals surface area contributed by atoms with Crippen LogP contribution in [0.2, 0.25) is 0 Å². The zero-order chi connectivity index (χ0) is 14.7. The molecule has 0 aliphatic heterocycles. The number of fused-ring (bicyclic) bond motifs is 1. The Balaban J connectivity index is 2.21. The quantitative estimate of drug-likeness (QED) is 0.876. The summed E-state index contributed by atoms with van der Waals surface area (Å²) in [6.07, 6.45) is 4.37. The maximum atomic E-state index is 11.9. The Morgan fingerprint density at radius 2 is 2.30 bits per heavy atom. The molecule has 1 amide bonds. The molecule has 0 fully saturated rings. The number of quaternary nitrogens is 1. The molecule has 1 aromatic rings. The molecule has 2 rings (SSSR count). The van der Waals surface area contributed by atoms with Gasteiger partial charge in [0.1, 0.15) is 11.1 Å². The number of nitriles is 1. The van der Waals surface area contributed by atoms with Crippen molar-refractivity contribution in [2.24, 2.45) is 5.92 Å². The minimum absolute atomic E-state index is 0.0212. The monoisotopic (exact) mass is 292 g/mol. The predicted octanol–water partition coefficient (Wildman–Crippen LogP) is 1.22.